The molecule has 1 N–H and O–H groups in total. The molecule has 11 nitrogen and oxygen atoms in total. The molecule has 3 fully saturated rings. The summed E-state index contributed by atoms with van der Waals surface area (Å²) < 4.78 is 40.1. The number of imide groups is 1. The van der Waals surface area contributed by atoms with E-state index in [0.717, 1.165) is 9.78 Å². The maximum Gasteiger partial charge on any atom is 0.248 e. The second-order valence-electron chi connectivity index (χ2n) is 8.78. The van der Waals surface area contributed by atoms with Crippen molar-refractivity contribution in [1.82, 2.24) is 35.4 Å². The van der Waals surface area contributed by atoms with Gasteiger partial charge in [-0.2, -0.15) is 0 Å². The molecule has 2 unspecified atom stereocenters. The monoisotopic (exact) mass is 497 g/mol. The molecule has 2 atom stereocenters. The molecule has 2 aliphatic heterocycles. The molecule has 3 aliphatic rings. The molecule has 184 valence electrons. The lowest BCUT2D eigenvalue weighted by Crippen LogP contribution is -2.35. The van der Waals surface area contributed by atoms with Crippen LogP contribution in [0, 0.1) is 5.92 Å². The van der Waals surface area contributed by atoms with Crippen molar-refractivity contribution in [3.63, 3.8) is 0 Å². The van der Waals surface area contributed by atoms with Gasteiger partial charge >= 0.3 is 0 Å². The molecule has 1 saturated carbocycles. The fraction of sp³-hybridized carbons (Fsp3) is 0.700. The summed E-state index contributed by atoms with van der Waals surface area (Å²) in [5.41, 5.74) is 0. The van der Waals surface area contributed by atoms with E-state index in [0.29, 0.717) is 24.0 Å². The van der Waals surface area contributed by atoms with Crippen LogP contribution in [0.2, 0.25) is 0 Å². The number of hydrogen-bond acceptors (Lipinski definition) is 10. The molecule has 0 radical (unpaired) electrons. The average molecular weight is 498 g/mol. The van der Waals surface area contributed by atoms with Crippen LogP contribution in [0.1, 0.15) is 66.2 Å². The zero-order valence-corrected chi connectivity index (χ0v) is 19.3. The first-order valence-electron chi connectivity index (χ1n) is 11.2. The molecular weight excluding hydrogens is 472 g/mol. The summed E-state index contributed by atoms with van der Waals surface area (Å²) in [4.78, 5) is 30.7. The van der Waals surface area contributed by atoms with Crippen LogP contribution in [0.25, 0.3) is 0 Å². The van der Waals surface area contributed by atoms with Crippen molar-refractivity contribution >= 4 is 23.2 Å². The molecule has 2 saturated heterocycles. The van der Waals surface area contributed by atoms with Crippen molar-refractivity contribution in [3.8, 4) is 0 Å². The lowest BCUT2D eigenvalue weighted by molar-refractivity contribution is -0.137. The average Bonchev–Trinajstić information content (AvgIpc) is 3.61. The van der Waals surface area contributed by atoms with Gasteiger partial charge in [0, 0.05) is 43.9 Å². The van der Waals surface area contributed by atoms with Crippen LogP contribution in [0.5, 0.6) is 0 Å². The highest BCUT2D eigenvalue weighted by molar-refractivity contribution is 7.11. The highest BCUT2D eigenvalue weighted by atomic mass is 32.1. The molecule has 4 heterocycles. The lowest BCUT2D eigenvalue weighted by Gasteiger charge is -2.29. The standard InChI is InChI=1S/C20H25F2N7O4S/c1-28-14(30)8-11(18(28)31)9-23-15(13-10-24-17(34-13)19-32-6-7-33-19)16-25-26-27-29(16)12-2-4-20(21,22)5-3-12/h10-12,15,19,23H,2-9H2,1H3. The first kappa shape index (κ1) is 23.3. The first-order valence-corrected chi connectivity index (χ1v) is 12.0. The Balaban J connectivity index is 1.40. The zero-order valence-electron chi connectivity index (χ0n) is 18.5. The van der Waals surface area contributed by atoms with Crippen molar-refractivity contribution in [1.29, 1.82) is 0 Å². The van der Waals surface area contributed by atoms with Crippen molar-refractivity contribution in [2.75, 3.05) is 26.8 Å². The van der Waals surface area contributed by atoms with Gasteiger partial charge in [0.1, 0.15) is 11.0 Å². The van der Waals surface area contributed by atoms with Crippen LogP contribution in [0.4, 0.5) is 8.78 Å². The molecule has 1 aliphatic carbocycles. The van der Waals surface area contributed by atoms with Gasteiger partial charge in [0.15, 0.2) is 5.82 Å². The summed E-state index contributed by atoms with van der Waals surface area (Å²) in [6.07, 6.45) is 1.33. The van der Waals surface area contributed by atoms with E-state index in [4.69, 9.17) is 9.47 Å². The molecule has 2 aromatic heterocycles. The molecule has 2 aromatic rings. The normalized spacial score (nSPS) is 24.9. The molecule has 2 amide bonds. The fourth-order valence-electron chi connectivity index (χ4n) is 4.53. The van der Waals surface area contributed by atoms with E-state index in [1.54, 1.807) is 10.9 Å². The minimum atomic E-state index is -2.67. The van der Waals surface area contributed by atoms with E-state index in [-0.39, 0.29) is 56.5 Å². The molecule has 0 aromatic carbocycles. The van der Waals surface area contributed by atoms with Gasteiger partial charge in [-0.1, -0.05) is 0 Å². The Bertz CT molecular complexity index is 1050. The summed E-state index contributed by atoms with van der Waals surface area (Å²) >= 11 is 1.36. The third kappa shape index (κ3) is 4.59. The number of likely N-dealkylation sites (tertiary alicyclic amines) is 1. The van der Waals surface area contributed by atoms with E-state index in [9.17, 15) is 18.4 Å². The Hall–Kier alpha value is -2.42. The van der Waals surface area contributed by atoms with Gasteiger partial charge in [-0.05, 0) is 23.3 Å². The maximum atomic E-state index is 13.7. The first-order chi connectivity index (χ1) is 16.3. The van der Waals surface area contributed by atoms with Gasteiger partial charge in [-0.15, -0.1) is 16.4 Å². The summed E-state index contributed by atoms with van der Waals surface area (Å²) in [6, 6.07) is -0.817. The summed E-state index contributed by atoms with van der Waals surface area (Å²) in [7, 11) is 1.47. The Morgan fingerprint density at radius 3 is 2.68 bits per heavy atom. The van der Waals surface area contributed by atoms with Crippen molar-refractivity contribution < 1.29 is 27.8 Å². The Morgan fingerprint density at radius 2 is 2.00 bits per heavy atom. The van der Waals surface area contributed by atoms with E-state index < -0.39 is 24.2 Å². The SMILES string of the molecule is CN1C(=O)CC(CNC(c2cnc(C3OCCO3)s2)c2nnnn2C2CCC(F)(F)CC2)C1=O. The van der Waals surface area contributed by atoms with Crippen molar-refractivity contribution in [2.45, 2.75) is 56.4 Å². The van der Waals surface area contributed by atoms with E-state index in [1.807, 2.05) is 0 Å². The summed E-state index contributed by atoms with van der Waals surface area (Å²) in [6.45, 7) is 1.19. The minimum absolute atomic E-state index is 0.120. The van der Waals surface area contributed by atoms with E-state index in [1.165, 1.54) is 18.4 Å². The van der Waals surface area contributed by atoms with Gasteiger partial charge in [0.25, 0.3) is 0 Å². The number of nitrogens with zero attached hydrogens (tertiary/aromatic N) is 6. The smallest absolute Gasteiger partial charge is 0.248 e. The molecule has 0 bridgehead atoms. The van der Waals surface area contributed by atoms with Crippen molar-refractivity contribution in [2.24, 2.45) is 5.92 Å². The molecular formula is C20H25F2N7O4S. The number of hydrogen-bond donors (Lipinski definition) is 1. The van der Waals surface area contributed by atoms with Crippen molar-refractivity contribution in [3.05, 3.63) is 21.9 Å². The van der Waals surface area contributed by atoms with Crippen LogP contribution >= 0.6 is 11.3 Å². The second kappa shape index (κ2) is 9.32. The Labute approximate surface area is 197 Å². The number of ether oxygens (including phenoxy) is 2. The fourth-order valence-corrected chi connectivity index (χ4v) is 5.53. The van der Waals surface area contributed by atoms with Crippen LogP contribution < -0.4 is 5.32 Å². The number of carbonyl (C=O) groups excluding carboxylic acids is 2. The van der Waals surface area contributed by atoms with Gasteiger partial charge in [-0.25, -0.2) is 18.4 Å². The number of aromatic nitrogens is 5. The van der Waals surface area contributed by atoms with E-state index in [2.05, 4.69) is 25.8 Å². The number of tetrazole rings is 1. The van der Waals surface area contributed by atoms with E-state index >= 15 is 0 Å². The van der Waals surface area contributed by atoms with Crippen LogP contribution in [-0.4, -0.2) is 74.6 Å². The number of amides is 2. The largest absolute Gasteiger partial charge is 0.344 e. The number of rotatable bonds is 7. The van der Waals surface area contributed by atoms with Gasteiger partial charge in [0.2, 0.25) is 24.0 Å². The number of halogens is 2. The maximum absolute atomic E-state index is 13.7. The van der Waals surface area contributed by atoms with Crippen LogP contribution in [0.3, 0.4) is 0 Å². The van der Waals surface area contributed by atoms with Crippen LogP contribution in [-0.2, 0) is 19.1 Å². The predicted octanol–water partition coefficient (Wildman–Crippen LogP) is 1.61. The second-order valence-corrected chi connectivity index (χ2v) is 9.87. The van der Waals surface area contributed by atoms with Gasteiger partial charge in [0.05, 0.1) is 25.2 Å². The quantitative estimate of drug-likeness (QED) is 0.568. The number of carbonyl (C=O) groups is 2. The molecule has 34 heavy (non-hydrogen) atoms. The third-order valence-electron chi connectivity index (χ3n) is 6.50. The third-order valence-corrected chi connectivity index (χ3v) is 7.59. The lowest BCUT2D eigenvalue weighted by atomic mass is 9.92. The topological polar surface area (TPSA) is 124 Å². The summed E-state index contributed by atoms with van der Waals surface area (Å²) in [5.74, 6) is -3.20. The number of nitrogens with one attached hydrogen (secondary N) is 1. The summed E-state index contributed by atoms with van der Waals surface area (Å²) in [5, 5.41) is 16.1. The van der Waals surface area contributed by atoms with Gasteiger partial charge < -0.3 is 14.8 Å². The molecule has 5 rings (SSSR count). The number of alkyl halides is 2. The molecule has 0 spiro atoms. The highest BCUT2D eigenvalue weighted by Gasteiger charge is 2.39. The minimum Gasteiger partial charge on any atom is -0.344 e. The number of thiazole rings is 1. The Kier molecular flexibility index (Phi) is 6.39. The Morgan fingerprint density at radius 1 is 1.26 bits per heavy atom. The van der Waals surface area contributed by atoms with Gasteiger partial charge in [-0.3, -0.25) is 14.5 Å². The highest BCUT2D eigenvalue weighted by Crippen LogP contribution is 2.40. The molecule has 14 heteroatoms. The predicted molar refractivity (Wildman–Crippen MR) is 113 cm³/mol. The van der Waals surface area contributed by atoms with Crippen LogP contribution in [0.15, 0.2) is 6.20 Å². The zero-order chi connectivity index (χ0) is 23.9.